The Balaban J connectivity index is 2.26. The molecular formula is C41H77O13P. The second-order valence-corrected chi connectivity index (χ2v) is 16.6. The summed E-state index contributed by atoms with van der Waals surface area (Å²) in [4.78, 5) is 35.0. The first kappa shape index (κ1) is 51.6. The zero-order chi connectivity index (χ0) is 40.7. The minimum Gasteiger partial charge on any atom is -0.462 e. The summed E-state index contributed by atoms with van der Waals surface area (Å²) in [7, 11) is -5.09. The van der Waals surface area contributed by atoms with Crippen molar-refractivity contribution in [2.75, 3.05) is 13.2 Å². The molecule has 6 atom stereocenters. The van der Waals surface area contributed by atoms with Gasteiger partial charge in [-0.3, -0.25) is 18.6 Å². The van der Waals surface area contributed by atoms with Crippen LogP contribution in [0.2, 0.25) is 0 Å². The number of rotatable bonds is 35. The van der Waals surface area contributed by atoms with Crippen LogP contribution in [-0.4, -0.2) is 98.3 Å². The maximum absolute atomic E-state index is 12.7. The van der Waals surface area contributed by atoms with E-state index >= 15 is 0 Å². The topological polar surface area (TPSA) is 210 Å². The van der Waals surface area contributed by atoms with Crippen molar-refractivity contribution in [3.63, 3.8) is 0 Å². The van der Waals surface area contributed by atoms with Crippen molar-refractivity contribution in [2.45, 2.75) is 224 Å². The maximum Gasteiger partial charge on any atom is 0.472 e. The first-order valence-electron chi connectivity index (χ1n) is 21.5. The van der Waals surface area contributed by atoms with Gasteiger partial charge in [0, 0.05) is 12.8 Å². The molecule has 55 heavy (non-hydrogen) atoms. The van der Waals surface area contributed by atoms with Crippen molar-refractivity contribution >= 4 is 19.8 Å². The highest BCUT2D eigenvalue weighted by Crippen LogP contribution is 2.47. The molecule has 0 aromatic heterocycles. The second-order valence-electron chi connectivity index (χ2n) is 15.2. The third kappa shape index (κ3) is 25.5. The molecule has 0 aromatic carbocycles. The lowest BCUT2D eigenvalue weighted by Crippen LogP contribution is -2.64. The molecule has 1 aliphatic carbocycles. The molecule has 1 fully saturated rings. The van der Waals surface area contributed by atoms with Crippen LogP contribution < -0.4 is 0 Å². The summed E-state index contributed by atoms with van der Waals surface area (Å²) >= 11 is 0. The van der Waals surface area contributed by atoms with Gasteiger partial charge in [0.2, 0.25) is 0 Å². The van der Waals surface area contributed by atoms with E-state index in [1.54, 1.807) is 0 Å². The largest absolute Gasteiger partial charge is 0.472 e. The number of phosphoric acid groups is 1. The average Bonchev–Trinajstić information content (AvgIpc) is 3.16. The van der Waals surface area contributed by atoms with Crippen molar-refractivity contribution in [3.8, 4) is 0 Å². The molecule has 0 aliphatic heterocycles. The average molecular weight is 809 g/mol. The zero-order valence-corrected chi connectivity index (χ0v) is 34.9. The Morgan fingerprint density at radius 3 is 1.42 bits per heavy atom. The maximum atomic E-state index is 12.7. The predicted molar refractivity (Wildman–Crippen MR) is 212 cm³/mol. The molecule has 6 unspecified atom stereocenters. The second kappa shape index (κ2) is 32.5. The molecule has 1 rings (SSSR count). The third-order valence-electron chi connectivity index (χ3n) is 10.1. The molecule has 0 bridgehead atoms. The van der Waals surface area contributed by atoms with E-state index in [2.05, 4.69) is 19.1 Å². The van der Waals surface area contributed by atoms with Crippen molar-refractivity contribution in [3.05, 3.63) is 12.2 Å². The molecule has 1 aliphatic rings. The van der Waals surface area contributed by atoms with E-state index in [0.29, 0.717) is 12.8 Å². The number of carbonyl (C=O) groups excluding carboxylic acids is 2. The summed E-state index contributed by atoms with van der Waals surface area (Å²) in [5.41, 5.74) is 0. The number of ether oxygens (including phenoxy) is 2. The Morgan fingerprint density at radius 1 is 0.545 bits per heavy atom. The minimum absolute atomic E-state index is 0.0984. The molecule has 0 saturated heterocycles. The first-order chi connectivity index (χ1) is 26.4. The summed E-state index contributed by atoms with van der Waals surface area (Å²) < 4.78 is 33.1. The molecule has 0 heterocycles. The Hall–Kier alpha value is -1.41. The highest BCUT2D eigenvalue weighted by Gasteiger charge is 2.51. The summed E-state index contributed by atoms with van der Waals surface area (Å²) in [5, 5.41) is 49.8. The lowest BCUT2D eigenvalue weighted by atomic mass is 9.85. The van der Waals surface area contributed by atoms with Crippen LogP contribution in [0.3, 0.4) is 0 Å². The standard InChI is InChI=1S/C41H77O13P/c1-3-5-7-8-9-10-11-12-13-14-15-16-17-18-19-20-21-22-23-24-25-26-28-30-35(43)53-33(31-51-34(42)29-27-6-4-2)32-52-55(49,50)54-41-39(47)37(45)36(44)38(46)40(41)48/h14-15,33,36-41,44-48H,3-13,16-32H2,1-2H3,(H,49,50)/b15-14-. The van der Waals surface area contributed by atoms with Crippen LogP contribution >= 0.6 is 7.82 Å². The summed E-state index contributed by atoms with van der Waals surface area (Å²) in [6.45, 7) is 3.08. The van der Waals surface area contributed by atoms with Gasteiger partial charge in [-0.25, -0.2) is 4.57 Å². The molecule has 0 radical (unpaired) electrons. The molecular weight excluding hydrogens is 731 g/mol. The van der Waals surface area contributed by atoms with E-state index in [1.807, 2.05) is 6.92 Å². The monoisotopic (exact) mass is 809 g/mol. The van der Waals surface area contributed by atoms with Crippen LogP contribution in [0, 0.1) is 0 Å². The van der Waals surface area contributed by atoms with Crippen molar-refractivity contribution in [2.24, 2.45) is 0 Å². The number of hydrogen-bond donors (Lipinski definition) is 6. The van der Waals surface area contributed by atoms with Gasteiger partial charge in [0.1, 0.15) is 43.2 Å². The van der Waals surface area contributed by atoms with E-state index in [1.165, 1.54) is 103 Å². The van der Waals surface area contributed by atoms with E-state index < -0.39 is 75.7 Å². The molecule has 0 spiro atoms. The SMILES string of the molecule is CCCCCCCCCC/C=C\CCCCCCCCCCCCCC(=O)OC(COC(=O)CCCCC)COP(=O)(O)OC1C(O)C(O)C(O)C(O)C1O. The number of esters is 2. The molecule has 1 saturated carbocycles. The smallest absolute Gasteiger partial charge is 0.462 e. The first-order valence-corrected chi connectivity index (χ1v) is 23.0. The molecule has 324 valence electrons. The van der Waals surface area contributed by atoms with Gasteiger partial charge in [-0.1, -0.05) is 142 Å². The molecule has 0 amide bonds. The molecule has 6 N–H and O–H groups in total. The summed E-state index contributed by atoms with van der Waals surface area (Å²) in [6.07, 6.45) is 19.7. The van der Waals surface area contributed by atoms with Crippen LogP contribution in [0.5, 0.6) is 0 Å². The fraction of sp³-hybridized carbons (Fsp3) is 0.902. The molecule has 14 heteroatoms. The Morgan fingerprint density at radius 2 is 0.927 bits per heavy atom. The quantitative estimate of drug-likeness (QED) is 0.0159. The van der Waals surface area contributed by atoms with Gasteiger partial charge in [-0.2, -0.15) is 0 Å². The van der Waals surface area contributed by atoms with Gasteiger partial charge in [-0.15, -0.1) is 0 Å². The number of aliphatic hydroxyl groups is 5. The van der Waals surface area contributed by atoms with Gasteiger partial charge < -0.3 is 39.9 Å². The van der Waals surface area contributed by atoms with Crippen LogP contribution in [0.4, 0.5) is 0 Å². The van der Waals surface area contributed by atoms with Crippen molar-refractivity contribution in [1.82, 2.24) is 0 Å². The number of hydrogen-bond acceptors (Lipinski definition) is 12. The van der Waals surface area contributed by atoms with Crippen molar-refractivity contribution < 1.29 is 63.1 Å². The van der Waals surface area contributed by atoms with E-state index in [-0.39, 0.29) is 12.8 Å². The number of phosphoric ester groups is 1. The van der Waals surface area contributed by atoms with Gasteiger partial charge in [0.25, 0.3) is 0 Å². The van der Waals surface area contributed by atoms with Gasteiger partial charge in [0.15, 0.2) is 6.10 Å². The summed E-state index contributed by atoms with van der Waals surface area (Å²) in [5.74, 6) is -1.12. The van der Waals surface area contributed by atoms with Crippen molar-refractivity contribution in [1.29, 1.82) is 0 Å². The van der Waals surface area contributed by atoms with Crippen LogP contribution in [0.15, 0.2) is 12.2 Å². The van der Waals surface area contributed by atoms with Crippen LogP contribution in [-0.2, 0) is 32.7 Å². The highest BCUT2D eigenvalue weighted by molar-refractivity contribution is 7.47. The summed E-state index contributed by atoms with van der Waals surface area (Å²) in [6, 6.07) is 0. The number of unbranched alkanes of at least 4 members (excludes halogenated alkanes) is 21. The van der Waals surface area contributed by atoms with E-state index in [4.69, 9.17) is 18.5 Å². The highest BCUT2D eigenvalue weighted by atomic mass is 31.2. The fourth-order valence-corrected chi connectivity index (χ4v) is 7.55. The predicted octanol–water partition coefficient (Wildman–Crippen LogP) is 7.50. The third-order valence-corrected chi connectivity index (χ3v) is 11.1. The van der Waals surface area contributed by atoms with Crippen LogP contribution in [0.1, 0.15) is 181 Å². The van der Waals surface area contributed by atoms with E-state index in [0.717, 1.165) is 38.5 Å². The lowest BCUT2D eigenvalue weighted by molar-refractivity contribution is -0.220. The lowest BCUT2D eigenvalue weighted by Gasteiger charge is -2.41. The number of carbonyl (C=O) groups is 2. The Bertz CT molecular complexity index is 1030. The molecule has 0 aromatic rings. The van der Waals surface area contributed by atoms with Crippen LogP contribution in [0.25, 0.3) is 0 Å². The zero-order valence-electron chi connectivity index (χ0n) is 34.0. The number of aliphatic hydroxyl groups excluding tert-OH is 5. The van der Waals surface area contributed by atoms with Gasteiger partial charge >= 0.3 is 19.8 Å². The van der Waals surface area contributed by atoms with Gasteiger partial charge in [-0.05, 0) is 38.5 Å². The number of allylic oxidation sites excluding steroid dienone is 2. The van der Waals surface area contributed by atoms with E-state index in [9.17, 15) is 44.6 Å². The minimum atomic E-state index is -5.09. The normalized spacial score (nSPS) is 23.1. The Kier molecular flexibility index (Phi) is 30.5. The fourth-order valence-electron chi connectivity index (χ4n) is 6.58. The Labute approximate surface area is 331 Å². The molecule has 13 nitrogen and oxygen atoms in total. The van der Waals surface area contributed by atoms with Gasteiger partial charge in [0.05, 0.1) is 6.61 Å².